The molecule has 72 valence electrons. The van der Waals surface area contributed by atoms with E-state index in [0.717, 1.165) is 13.0 Å². The van der Waals surface area contributed by atoms with Gasteiger partial charge in [-0.05, 0) is 12.0 Å². The number of hydrogen-bond acceptors (Lipinski definition) is 2. The van der Waals surface area contributed by atoms with E-state index in [0.29, 0.717) is 0 Å². The molecule has 2 N–H and O–H groups in total. The number of ether oxygens (including phenoxy) is 1. The molecule has 0 spiro atoms. The Bertz CT molecular complexity index is 211. The first-order valence-corrected chi connectivity index (χ1v) is 4.03. The molecule has 1 aromatic carbocycles. The van der Waals surface area contributed by atoms with Crippen molar-refractivity contribution < 1.29 is 9.53 Å². The van der Waals surface area contributed by atoms with Gasteiger partial charge >= 0.3 is 0 Å². The molecule has 0 heterocycles. The van der Waals surface area contributed by atoms with Gasteiger partial charge in [0, 0.05) is 7.11 Å². The van der Waals surface area contributed by atoms with Gasteiger partial charge in [0.15, 0.2) is 0 Å². The molecule has 0 aliphatic carbocycles. The molecule has 3 heteroatoms. The van der Waals surface area contributed by atoms with E-state index in [1.807, 2.05) is 18.2 Å². The average Bonchev–Trinajstić information content (AvgIpc) is 2.18. The minimum absolute atomic E-state index is 0.250. The van der Waals surface area contributed by atoms with Crippen LogP contribution in [0.4, 0.5) is 0 Å². The van der Waals surface area contributed by atoms with Crippen molar-refractivity contribution in [1.29, 1.82) is 0 Å². The number of nitrogens with two attached hydrogens (primary N) is 1. The highest BCUT2D eigenvalue weighted by atomic mass is 16.5. The topological polar surface area (TPSA) is 52.3 Å². The Kier molecular flexibility index (Phi) is 7.84. The van der Waals surface area contributed by atoms with Crippen LogP contribution in [0.1, 0.15) is 5.56 Å². The van der Waals surface area contributed by atoms with Gasteiger partial charge in [0.1, 0.15) is 0 Å². The number of primary amides is 1. The number of methoxy groups -OCH3 is 1. The Morgan fingerprint density at radius 3 is 2.38 bits per heavy atom. The lowest BCUT2D eigenvalue weighted by Gasteiger charge is -1.97. The molecular weight excluding hydrogens is 166 g/mol. The quantitative estimate of drug-likeness (QED) is 0.706. The Morgan fingerprint density at radius 1 is 1.38 bits per heavy atom. The van der Waals surface area contributed by atoms with Crippen LogP contribution in [0.5, 0.6) is 0 Å². The number of amides is 1. The van der Waals surface area contributed by atoms with Crippen molar-refractivity contribution in [1.82, 2.24) is 0 Å². The van der Waals surface area contributed by atoms with E-state index >= 15 is 0 Å². The molecule has 1 amide bonds. The predicted molar refractivity (Wildman–Crippen MR) is 52.3 cm³/mol. The average molecular weight is 181 g/mol. The molecule has 0 atom stereocenters. The van der Waals surface area contributed by atoms with Crippen LogP contribution in [0.15, 0.2) is 30.3 Å². The highest BCUT2D eigenvalue weighted by Gasteiger charge is 1.87. The van der Waals surface area contributed by atoms with Crippen molar-refractivity contribution >= 4 is 6.41 Å². The molecular formula is C10H15NO2. The van der Waals surface area contributed by atoms with Gasteiger partial charge < -0.3 is 10.5 Å². The van der Waals surface area contributed by atoms with E-state index in [1.165, 1.54) is 5.56 Å². The summed E-state index contributed by atoms with van der Waals surface area (Å²) in [6.07, 6.45) is 1.26. The van der Waals surface area contributed by atoms with Crippen LogP contribution in [0.2, 0.25) is 0 Å². The molecule has 1 rings (SSSR count). The van der Waals surface area contributed by atoms with Crippen LogP contribution in [-0.4, -0.2) is 20.1 Å². The molecule has 0 saturated heterocycles. The summed E-state index contributed by atoms with van der Waals surface area (Å²) in [6, 6.07) is 10.3. The van der Waals surface area contributed by atoms with Gasteiger partial charge in [0.2, 0.25) is 6.41 Å². The lowest BCUT2D eigenvalue weighted by molar-refractivity contribution is -0.106. The lowest BCUT2D eigenvalue weighted by atomic mass is 10.2. The van der Waals surface area contributed by atoms with Crippen LogP contribution in [0.3, 0.4) is 0 Å². The molecule has 0 aromatic heterocycles. The molecule has 0 fully saturated rings. The third-order valence-electron chi connectivity index (χ3n) is 1.44. The summed E-state index contributed by atoms with van der Waals surface area (Å²) in [5, 5.41) is 0. The maximum atomic E-state index is 8.58. The summed E-state index contributed by atoms with van der Waals surface area (Å²) in [6.45, 7) is 0.810. The maximum Gasteiger partial charge on any atom is 0.204 e. The zero-order valence-corrected chi connectivity index (χ0v) is 7.77. The Labute approximate surface area is 78.5 Å². The predicted octanol–water partition coefficient (Wildman–Crippen LogP) is 0.977. The minimum atomic E-state index is 0.250. The normalized spacial score (nSPS) is 8.38. The third-order valence-corrected chi connectivity index (χ3v) is 1.44. The summed E-state index contributed by atoms with van der Waals surface area (Å²) in [7, 11) is 1.73. The molecule has 0 saturated carbocycles. The molecule has 0 aliphatic heterocycles. The van der Waals surface area contributed by atoms with Gasteiger partial charge in [-0.3, -0.25) is 4.79 Å². The number of carbonyl (C=O) groups excluding carboxylic acids is 1. The van der Waals surface area contributed by atoms with E-state index in [4.69, 9.17) is 9.53 Å². The lowest BCUT2D eigenvalue weighted by Crippen LogP contribution is -1.92. The minimum Gasteiger partial charge on any atom is -0.384 e. The summed E-state index contributed by atoms with van der Waals surface area (Å²) < 4.78 is 4.95. The Morgan fingerprint density at radius 2 is 1.92 bits per heavy atom. The van der Waals surface area contributed by atoms with Crippen LogP contribution in [-0.2, 0) is 16.0 Å². The fraction of sp³-hybridized carbons (Fsp3) is 0.300. The van der Waals surface area contributed by atoms with Crippen molar-refractivity contribution in [3.8, 4) is 0 Å². The summed E-state index contributed by atoms with van der Waals surface area (Å²) in [5.74, 6) is 0. The second-order valence-corrected chi connectivity index (χ2v) is 2.36. The van der Waals surface area contributed by atoms with Gasteiger partial charge in [-0.2, -0.15) is 0 Å². The molecule has 0 aliphatic rings. The first kappa shape index (κ1) is 11.6. The fourth-order valence-electron chi connectivity index (χ4n) is 0.865. The van der Waals surface area contributed by atoms with Crippen LogP contribution >= 0.6 is 0 Å². The monoisotopic (exact) mass is 181 g/mol. The molecule has 0 unspecified atom stereocenters. The van der Waals surface area contributed by atoms with Crippen molar-refractivity contribution in [2.45, 2.75) is 6.42 Å². The maximum absolute atomic E-state index is 8.58. The molecule has 13 heavy (non-hydrogen) atoms. The zero-order valence-electron chi connectivity index (χ0n) is 7.77. The summed E-state index contributed by atoms with van der Waals surface area (Å²) in [4.78, 5) is 8.58. The number of rotatable bonds is 3. The van der Waals surface area contributed by atoms with Gasteiger partial charge in [0.05, 0.1) is 6.61 Å². The van der Waals surface area contributed by atoms with Crippen molar-refractivity contribution in [2.24, 2.45) is 5.73 Å². The second-order valence-electron chi connectivity index (χ2n) is 2.36. The van der Waals surface area contributed by atoms with Gasteiger partial charge in [-0.15, -0.1) is 0 Å². The van der Waals surface area contributed by atoms with Gasteiger partial charge in [-0.1, -0.05) is 30.3 Å². The highest BCUT2D eigenvalue weighted by molar-refractivity contribution is 5.42. The van der Waals surface area contributed by atoms with Crippen LogP contribution in [0, 0.1) is 0 Å². The number of hydrogen-bond donors (Lipinski definition) is 1. The molecule has 0 bridgehead atoms. The van der Waals surface area contributed by atoms with E-state index < -0.39 is 0 Å². The third kappa shape index (κ3) is 7.03. The second kappa shape index (κ2) is 8.74. The van der Waals surface area contributed by atoms with Crippen LogP contribution < -0.4 is 5.73 Å². The Balaban J connectivity index is 0.000000424. The summed E-state index contributed by atoms with van der Waals surface area (Å²) >= 11 is 0. The molecule has 3 nitrogen and oxygen atoms in total. The number of carbonyl (C=O) groups is 1. The van der Waals surface area contributed by atoms with E-state index in [-0.39, 0.29) is 6.41 Å². The molecule has 0 radical (unpaired) electrons. The van der Waals surface area contributed by atoms with E-state index in [1.54, 1.807) is 7.11 Å². The SMILES string of the molecule is COCCc1ccccc1.NC=O. The van der Waals surface area contributed by atoms with Crippen LogP contribution in [0.25, 0.3) is 0 Å². The van der Waals surface area contributed by atoms with Crippen molar-refractivity contribution in [3.63, 3.8) is 0 Å². The van der Waals surface area contributed by atoms with Crippen molar-refractivity contribution in [3.05, 3.63) is 35.9 Å². The molecule has 1 aromatic rings. The highest BCUT2D eigenvalue weighted by Crippen LogP contribution is 1.98. The Hall–Kier alpha value is -1.35. The summed E-state index contributed by atoms with van der Waals surface area (Å²) in [5.41, 5.74) is 5.50. The first-order valence-electron chi connectivity index (χ1n) is 4.03. The van der Waals surface area contributed by atoms with E-state index in [9.17, 15) is 0 Å². The van der Waals surface area contributed by atoms with Gasteiger partial charge in [-0.25, -0.2) is 0 Å². The van der Waals surface area contributed by atoms with Crippen molar-refractivity contribution in [2.75, 3.05) is 13.7 Å². The first-order chi connectivity index (χ1) is 6.35. The smallest absolute Gasteiger partial charge is 0.204 e. The number of benzene rings is 1. The largest absolute Gasteiger partial charge is 0.384 e. The van der Waals surface area contributed by atoms with Gasteiger partial charge in [0.25, 0.3) is 0 Å². The zero-order chi connectivity index (χ0) is 9.94. The standard InChI is InChI=1S/C9H12O.CH3NO/c1-10-8-7-9-5-3-2-4-6-9;2-1-3/h2-6H,7-8H2,1H3;1H,(H2,2,3). The van der Waals surface area contributed by atoms with E-state index in [2.05, 4.69) is 17.9 Å². The fourth-order valence-corrected chi connectivity index (χ4v) is 0.865.